The van der Waals surface area contributed by atoms with Crippen molar-refractivity contribution in [1.82, 2.24) is 15.1 Å². The Hall–Kier alpha value is -2.44. The lowest BCUT2D eigenvalue weighted by molar-refractivity contribution is -0.140. The molecule has 2 fully saturated rings. The normalized spacial score (nSPS) is 28.4. The number of nitrogens with one attached hydrogen (secondary N) is 1. The van der Waals surface area contributed by atoms with Gasteiger partial charge in [-0.25, -0.2) is 9.18 Å². The number of carbonyl (C=O) groups excluding carboxylic acids is 3. The van der Waals surface area contributed by atoms with Crippen LogP contribution in [-0.4, -0.2) is 47.3 Å². The molecule has 7 heteroatoms. The van der Waals surface area contributed by atoms with Crippen LogP contribution in [0.2, 0.25) is 0 Å². The maximum Gasteiger partial charge on any atom is 0.325 e. The van der Waals surface area contributed by atoms with Crippen molar-refractivity contribution in [3.05, 3.63) is 35.6 Å². The van der Waals surface area contributed by atoms with Gasteiger partial charge < -0.3 is 10.2 Å². The predicted octanol–water partition coefficient (Wildman–Crippen LogP) is 2.49. The summed E-state index contributed by atoms with van der Waals surface area (Å²) in [7, 11) is 0. The Kier molecular flexibility index (Phi) is 5.22. The standard InChI is InChI=1S/C20H26FN3O3/c1-4-20(15-5-7-16(21)8-6-15)18(26)24(19(27)22-20)12-17(25)23-10-13(2)9-14(3)11-23/h5-8,13-14H,4,9-12H2,1-3H3,(H,22,27)/t13-,14+,20-/m0/s1. The summed E-state index contributed by atoms with van der Waals surface area (Å²) >= 11 is 0. The zero-order valence-corrected chi connectivity index (χ0v) is 16.0. The van der Waals surface area contributed by atoms with E-state index < -0.39 is 23.3 Å². The number of carbonyl (C=O) groups is 3. The molecule has 2 heterocycles. The van der Waals surface area contributed by atoms with E-state index >= 15 is 0 Å². The topological polar surface area (TPSA) is 69.7 Å². The molecule has 4 amide bonds. The smallest absolute Gasteiger partial charge is 0.325 e. The van der Waals surface area contributed by atoms with Gasteiger partial charge in [-0.1, -0.05) is 32.9 Å². The molecular weight excluding hydrogens is 349 g/mol. The zero-order valence-electron chi connectivity index (χ0n) is 16.0. The van der Waals surface area contributed by atoms with Crippen molar-refractivity contribution in [2.24, 2.45) is 11.8 Å². The summed E-state index contributed by atoms with van der Waals surface area (Å²) in [5, 5.41) is 2.72. The fourth-order valence-electron chi connectivity index (χ4n) is 4.25. The van der Waals surface area contributed by atoms with Crippen LogP contribution in [0, 0.1) is 17.7 Å². The highest BCUT2D eigenvalue weighted by atomic mass is 19.1. The molecule has 6 nitrogen and oxygen atoms in total. The number of likely N-dealkylation sites (tertiary alicyclic amines) is 1. The second kappa shape index (κ2) is 7.29. The molecule has 27 heavy (non-hydrogen) atoms. The van der Waals surface area contributed by atoms with Gasteiger partial charge in [0.15, 0.2) is 0 Å². The third-order valence-corrected chi connectivity index (χ3v) is 5.56. The minimum absolute atomic E-state index is 0.220. The van der Waals surface area contributed by atoms with Crippen molar-refractivity contribution in [1.29, 1.82) is 0 Å². The van der Waals surface area contributed by atoms with E-state index in [1.54, 1.807) is 11.8 Å². The summed E-state index contributed by atoms with van der Waals surface area (Å²) in [6, 6.07) is 4.93. The van der Waals surface area contributed by atoms with Crippen LogP contribution in [0.25, 0.3) is 0 Å². The SMILES string of the molecule is CC[C@@]1(c2ccc(F)cc2)NC(=O)N(CC(=O)N2C[C@H](C)C[C@H](C)C2)C1=O. The summed E-state index contributed by atoms with van der Waals surface area (Å²) in [6.45, 7) is 6.99. The predicted molar refractivity (Wildman–Crippen MR) is 98.1 cm³/mol. The molecule has 1 aromatic carbocycles. The van der Waals surface area contributed by atoms with E-state index in [0.717, 1.165) is 11.3 Å². The highest BCUT2D eigenvalue weighted by molar-refractivity contribution is 6.09. The Morgan fingerprint density at radius 2 is 1.78 bits per heavy atom. The Morgan fingerprint density at radius 1 is 1.19 bits per heavy atom. The number of hydrogen-bond acceptors (Lipinski definition) is 3. The summed E-state index contributed by atoms with van der Waals surface area (Å²) in [4.78, 5) is 41.0. The minimum atomic E-state index is -1.26. The number of halogens is 1. The fraction of sp³-hybridized carbons (Fsp3) is 0.550. The van der Waals surface area contributed by atoms with Gasteiger partial charge in [0, 0.05) is 13.1 Å². The zero-order chi connectivity index (χ0) is 19.8. The van der Waals surface area contributed by atoms with Crippen LogP contribution >= 0.6 is 0 Å². The molecule has 0 saturated carbocycles. The van der Waals surface area contributed by atoms with Crippen molar-refractivity contribution in [2.45, 2.75) is 39.2 Å². The average Bonchev–Trinajstić information content (AvgIpc) is 2.86. The molecule has 3 atom stereocenters. The summed E-state index contributed by atoms with van der Waals surface area (Å²) in [5.74, 6) is -0.303. The molecule has 1 aromatic rings. The first-order valence-electron chi connectivity index (χ1n) is 9.44. The van der Waals surface area contributed by atoms with E-state index in [9.17, 15) is 18.8 Å². The van der Waals surface area contributed by atoms with Gasteiger partial charge in [0.05, 0.1) is 0 Å². The van der Waals surface area contributed by atoms with Crippen LogP contribution in [-0.2, 0) is 15.1 Å². The molecule has 0 unspecified atom stereocenters. The number of rotatable bonds is 4. The van der Waals surface area contributed by atoms with Crippen molar-refractivity contribution in [3.63, 3.8) is 0 Å². The number of imide groups is 1. The van der Waals surface area contributed by atoms with Gasteiger partial charge in [-0.2, -0.15) is 0 Å². The lowest BCUT2D eigenvalue weighted by Crippen LogP contribution is -2.49. The fourth-order valence-corrected chi connectivity index (χ4v) is 4.25. The van der Waals surface area contributed by atoms with E-state index in [4.69, 9.17) is 0 Å². The second-order valence-electron chi connectivity index (χ2n) is 7.83. The molecule has 3 rings (SSSR count). The summed E-state index contributed by atoms with van der Waals surface area (Å²) in [6.07, 6.45) is 1.38. The van der Waals surface area contributed by atoms with Gasteiger partial charge in [-0.15, -0.1) is 0 Å². The number of hydrogen-bond donors (Lipinski definition) is 1. The highest BCUT2D eigenvalue weighted by Gasteiger charge is 2.51. The first-order valence-corrected chi connectivity index (χ1v) is 9.44. The Bertz CT molecular complexity index is 741. The van der Waals surface area contributed by atoms with E-state index in [2.05, 4.69) is 19.2 Å². The third-order valence-electron chi connectivity index (χ3n) is 5.56. The number of piperidine rings is 1. The van der Waals surface area contributed by atoms with Crippen molar-refractivity contribution < 1.29 is 18.8 Å². The molecule has 2 saturated heterocycles. The first-order chi connectivity index (χ1) is 12.8. The lowest BCUT2D eigenvalue weighted by Gasteiger charge is -2.35. The average molecular weight is 375 g/mol. The Morgan fingerprint density at radius 3 is 2.33 bits per heavy atom. The molecule has 0 spiro atoms. The minimum Gasteiger partial charge on any atom is -0.341 e. The molecule has 146 valence electrons. The maximum atomic E-state index is 13.3. The largest absolute Gasteiger partial charge is 0.341 e. The first kappa shape index (κ1) is 19.3. The van der Waals surface area contributed by atoms with Gasteiger partial charge in [0.25, 0.3) is 5.91 Å². The number of benzene rings is 1. The van der Waals surface area contributed by atoms with Gasteiger partial charge in [0.2, 0.25) is 5.91 Å². The second-order valence-corrected chi connectivity index (χ2v) is 7.83. The van der Waals surface area contributed by atoms with E-state index in [-0.39, 0.29) is 12.5 Å². The Balaban J connectivity index is 1.79. The summed E-state index contributed by atoms with van der Waals surface area (Å²) in [5.41, 5.74) is -0.743. The van der Waals surface area contributed by atoms with Gasteiger partial charge in [-0.3, -0.25) is 14.5 Å². The molecule has 1 N–H and O–H groups in total. The molecular formula is C20H26FN3O3. The Labute approximate surface area is 158 Å². The van der Waals surface area contributed by atoms with Gasteiger partial charge in [-0.05, 0) is 42.4 Å². The number of amides is 4. The summed E-state index contributed by atoms with van der Waals surface area (Å²) < 4.78 is 13.3. The van der Waals surface area contributed by atoms with Gasteiger partial charge >= 0.3 is 6.03 Å². The molecule has 0 bridgehead atoms. The highest BCUT2D eigenvalue weighted by Crippen LogP contribution is 2.32. The third kappa shape index (κ3) is 3.55. The molecule has 0 radical (unpaired) electrons. The maximum absolute atomic E-state index is 13.3. The van der Waals surface area contributed by atoms with E-state index in [1.165, 1.54) is 24.3 Å². The van der Waals surface area contributed by atoms with Crippen molar-refractivity contribution in [2.75, 3.05) is 19.6 Å². The van der Waals surface area contributed by atoms with Crippen molar-refractivity contribution in [3.8, 4) is 0 Å². The monoisotopic (exact) mass is 375 g/mol. The number of urea groups is 1. The number of nitrogens with zero attached hydrogens (tertiary/aromatic N) is 2. The van der Waals surface area contributed by atoms with Crippen LogP contribution < -0.4 is 5.32 Å². The lowest BCUT2D eigenvalue weighted by atomic mass is 9.87. The molecule has 0 aliphatic carbocycles. The van der Waals surface area contributed by atoms with Crippen LogP contribution in [0.4, 0.5) is 9.18 Å². The van der Waals surface area contributed by atoms with E-state index in [1.807, 2.05) is 0 Å². The van der Waals surface area contributed by atoms with Crippen molar-refractivity contribution >= 4 is 17.8 Å². The molecule has 0 aromatic heterocycles. The molecule has 2 aliphatic rings. The molecule has 2 aliphatic heterocycles. The van der Waals surface area contributed by atoms with Crippen LogP contribution in [0.15, 0.2) is 24.3 Å². The van der Waals surface area contributed by atoms with Crippen LogP contribution in [0.3, 0.4) is 0 Å². The van der Waals surface area contributed by atoms with Gasteiger partial charge in [0.1, 0.15) is 17.9 Å². The van der Waals surface area contributed by atoms with Crippen LogP contribution in [0.5, 0.6) is 0 Å². The van der Waals surface area contributed by atoms with E-state index in [0.29, 0.717) is 36.9 Å². The quantitative estimate of drug-likeness (QED) is 0.822. The van der Waals surface area contributed by atoms with Crippen LogP contribution in [0.1, 0.15) is 39.2 Å².